The number of benzene rings is 3. The van der Waals surface area contributed by atoms with Crippen molar-refractivity contribution in [2.24, 2.45) is 0 Å². The van der Waals surface area contributed by atoms with Crippen LogP contribution >= 0.6 is 0 Å². The van der Waals surface area contributed by atoms with E-state index in [2.05, 4.69) is 101 Å². The average molecular weight is 443 g/mol. The molecule has 1 unspecified atom stereocenters. The van der Waals surface area contributed by atoms with E-state index in [0.29, 0.717) is 12.6 Å². The number of nitrogens with zero attached hydrogens (tertiary/aromatic N) is 1. The zero-order chi connectivity index (χ0) is 22.6. The maximum absolute atomic E-state index is 6.40. The van der Waals surface area contributed by atoms with E-state index in [4.69, 9.17) is 4.74 Å². The number of likely N-dealkylation sites (tertiary alicyclic amines) is 1. The number of aryl methyl sites for hydroxylation is 1. The number of nitrogens with one attached hydrogen (secondary N) is 1. The van der Waals surface area contributed by atoms with Gasteiger partial charge in [-0.1, -0.05) is 97.4 Å². The Hall–Kier alpha value is -2.46. The van der Waals surface area contributed by atoms with E-state index in [1.54, 1.807) is 0 Å². The van der Waals surface area contributed by atoms with Gasteiger partial charge in [0.25, 0.3) is 0 Å². The summed E-state index contributed by atoms with van der Waals surface area (Å²) in [6.45, 7) is 5.16. The average Bonchev–Trinajstić information content (AvgIpc) is 3.11. The molecule has 1 heterocycles. The first-order valence-corrected chi connectivity index (χ1v) is 12.6. The fraction of sp³-hybridized carbons (Fsp3) is 0.400. The van der Waals surface area contributed by atoms with E-state index < -0.39 is 0 Å². The zero-order valence-corrected chi connectivity index (χ0v) is 19.7. The minimum Gasteiger partial charge on any atom is -0.367 e. The van der Waals surface area contributed by atoms with Gasteiger partial charge in [-0.05, 0) is 55.5 Å². The molecule has 4 rings (SSSR count). The SMILES string of the molecule is c1ccc(CCCN2CCCCC(NCCOC(c3ccccc3)c3ccccc3)C2)cc1. The van der Waals surface area contributed by atoms with Gasteiger partial charge in [0.2, 0.25) is 0 Å². The van der Waals surface area contributed by atoms with E-state index in [0.717, 1.165) is 13.1 Å². The first kappa shape index (κ1) is 23.7. The molecule has 3 heteroatoms. The van der Waals surface area contributed by atoms with E-state index in [9.17, 15) is 0 Å². The molecule has 1 atom stereocenters. The van der Waals surface area contributed by atoms with Crippen molar-refractivity contribution in [3.8, 4) is 0 Å². The molecule has 0 aliphatic carbocycles. The van der Waals surface area contributed by atoms with Crippen LogP contribution in [0.5, 0.6) is 0 Å². The topological polar surface area (TPSA) is 24.5 Å². The molecule has 174 valence electrons. The summed E-state index contributed by atoms with van der Waals surface area (Å²) in [6, 6.07) is 32.5. The first-order valence-electron chi connectivity index (χ1n) is 12.6. The van der Waals surface area contributed by atoms with Gasteiger partial charge in [0.1, 0.15) is 6.10 Å². The van der Waals surface area contributed by atoms with E-state index in [1.807, 2.05) is 0 Å². The molecule has 1 saturated heterocycles. The Bertz CT molecular complexity index is 861. The van der Waals surface area contributed by atoms with Crippen molar-refractivity contribution in [1.82, 2.24) is 10.2 Å². The molecule has 0 saturated carbocycles. The Morgan fingerprint density at radius 2 is 1.45 bits per heavy atom. The number of hydrogen-bond acceptors (Lipinski definition) is 3. The summed E-state index contributed by atoms with van der Waals surface area (Å²) in [5, 5.41) is 3.79. The van der Waals surface area contributed by atoms with Crippen LogP contribution in [0.15, 0.2) is 91.0 Å². The summed E-state index contributed by atoms with van der Waals surface area (Å²) in [6.07, 6.45) is 6.27. The van der Waals surface area contributed by atoms with Gasteiger partial charge in [-0.2, -0.15) is 0 Å². The van der Waals surface area contributed by atoms with Crippen LogP contribution in [0.25, 0.3) is 0 Å². The molecule has 0 aromatic heterocycles. The van der Waals surface area contributed by atoms with Crippen LogP contribution in [-0.4, -0.2) is 43.7 Å². The van der Waals surface area contributed by atoms with Crippen LogP contribution in [0.3, 0.4) is 0 Å². The molecule has 1 N–H and O–H groups in total. The molecule has 0 radical (unpaired) electrons. The maximum Gasteiger partial charge on any atom is 0.108 e. The number of ether oxygens (including phenoxy) is 1. The summed E-state index contributed by atoms with van der Waals surface area (Å²) in [4.78, 5) is 2.66. The second-order valence-electron chi connectivity index (χ2n) is 9.11. The monoisotopic (exact) mass is 442 g/mol. The second-order valence-corrected chi connectivity index (χ2v) is 9.11. The number of rotatable bonds is 11. The molecule has 3 aromatic carbocycles. The number of hydrogen-bond donors (Lipinski definition) is 1. The van der Waals surface area contributed by atoms with Gasteiger partial charge in [0, 0.05) is 19.1 Å². The standard InChI is InChI=1S/C30H38N2O/c1-4-13-26(14-5-1)15-12-23-32-22-11-10-20-29(25-32)31-21-24-33-30(27-16-6-2-7-17-27)28-18-8-3-9-19-28/h1-9,13-14,16-19,29-31H,10-12,15,20-25H2. The minimum absolute atomic E-state index is 0.0159. The van der Waals surface area contributed by atoms with Gasteiger partial charge in [-0.15, -0.1) is 0 Å². The van der Waals surface area contributed by atoms with Crippen LogP contribution in [-0.2, 0) is 11.2 Å². The predicted molar refractivity (Wildman–Crippen MR) is 138 cm³/mol. The lowest BCUT2D eigenvalue weighted by molar-refractivity contribution is 0.0796. The highest BCUT2D eigenvalue weighted by Crippen LogP contribution is 2.25. The Morgan fingerprint density at radius 3 is 2.12 bits per heavy atom. The van der Waals surface area contributed by atoms with Gasteiger partial charge in [0.05, 0.1) is 6.61 Å². The smallest absolute Gasteiger partial charge is 0.108 e. The van der Waals surface area contributed by atoms with Crippen molar-refractivity contribution in [3.63, 3.8) is 0 Å². The van der Waals surface area contributed by atoms with Crippen LogP contribution in [0.1, 0.15) is 48.5 Å². The molecular formula is C30H38N2O. The van der Waals surface area contributed by atoms with Gasteiger partial charge >= 0.3 is 0 Å². The molecule has 0 amide bonds. The Labute approximate surface area is 199 Å². The molecule has 3 aromatic rings. The quantitative estimate of drug-likeness (QED) is 0.376. The lowest BCUT2D eigenvalue weighted by Gasteiger charge is -2.25. The molecule has 0 bridgehead atoms. The fourth-order valence-corrected chi connectivity index (χ4v) is 4.82. The van der Waals surface area contributed by atoms with Crippen molar-refractivity contribution in [2.45, 2.75) is 44.2 Å². The Morgan fingerprint density at radius 1 is 0.818 bits per heavy atom. The summed E-state index contributed by atoms with van der Waals surface area (Å²) in [7, 11) is 0. The Balaban J connectivity index is 1.23. The molecular weight excluding hydrogens is 404 g/mol. The lowest BCUT2D eigenvalue weighted by Crippen LogP contribution is -2.41. The van der Waals surface area contributed by atoms with Crippen molar-refractivity contribution in [2.75, 3.05) is 32.8 Å². The summed E-state index contributed by atoms with van der Waals surface area (Å²) >= 11 is 0. The van der Waals surface area contributed by atoms with Gasteiger partial charge in [-0.25, -0.2) is 0 Å². The highest BCUT2D eigenvalue weighted by Gasteiger charge is 2.18. The Kier molecular flexibility index (Phi) is 9.54. The van der Waals surface area contributed by atoms with Gasteiger partial charge < -0.3 is 15.0 Å². The van der Waals surface area contributed by atoms with Crippen LogP contribution in [0, 0.1) is 0 Å². The van der Waals surface area contributed by atoms with Crippen molar-refractivity contribution < 1.29 is 4.74 Å². The van der Waals surface area contributed by atoms with Crippen LogP contribution in [0.2, 0.25) is 0 Å². The van der Waals surface area contributed by atoms with Gasteiger partial charge in [-0.3, -0.25) is 0 Å². The molecule has 1 aliphatic heterocycles. The predicted octanol–water partition coefficient (Wildman–Crippen LogP) is 5.87. The third-order valence-corrected chi connectivity index (χ3v) is 6.56. The minimum atomic E-state index is -0.0159. The summed E-state index contributed by atoms with van der Waals surface area (Å²) in [5.74, 6) is 0. The zero-order valence-electron chi connectivity index (χ0n) is 19.7. The van der Waals surface area contributed by atoms with E-state index >= 15 is 0 Å². The third kappa shape index (κ3) is 7.82. The van der Waals surface area contributed by atoms with Crippen molar-refractivity contribution in [1.29, 1.82) is 0 Å². The van der Waals surface area contributed by atoms with Crippen LogP contribution in [0.4, 0.5) is 0 Å². The first-order chi connectivity index (χ1) is 16.4. The second kappa shape index (κ2) is 13.3. The molecule has 1 fully saturated rings. The highest BCUT2D eigenvalue weighted by atomic mass is 16.5. The van der Waals surface area contributed by atoms with Gasteiger partial charge in [0.15, 0.2) is 0 Å². The normalized spacial score (nSPS) is 17.2. The van der Waals surface area contributed by atoms with Crippen molar-refractivity contribution in [3.05, 3.63) is 108 Å². The van der Waals surface area contributed by atoms with E-state index in [-0.39, 0.29) is 6.10 Å². The largest absolute Gasteiger partial charge is 0.367 e. The van der Waals surface area contributed by atoms with E-state index in [1.165, 1.54) is 61.9 Å². The highest BCUT2D eigenvalue weighted by molar-refractivity contribution is 5.29. The van der Waals surface area contributed by atoms with Crippen LogP contribution < -0.4 is 5.32 Å². The third-order valence-electron chi connectivity index (χ3n) is 6.56. The summed E-state index contributed by atoms with van der Waals surface area (Å²) in [5.41, 5.74) is 3.87. The maximum atomic E-state index is 6.40. The molecule has 0 spiro atoms. The summed E-state index contributed by atoms with van der Waals surface area (Å²) < 4.78 is 6.40. The lowest BCUT2D eigenvalue weighted by atomic mass is 10.0. The molecule has 1 aliphatic rings. The van der Waals surface area contributed by atoms with Crippen molar-refractivity contribution >= 4 is 0 Å². The molecule has 3 nitrogen and oxygen atoms in total. The molecule has 33 heavy (non-hydrogen) atoms. The fourth-order valence-electron chi connectivity index (χ4n) is 4.82.